The maximum atomic E-state index is 13.7. The summed E-state index contributed by atoms with van der Waals surface area (Å²) in [5, 5.41) is 6.02. The Morgan fingerprint density at radius 1 is 1.08 bits per heavy atom. The summed E-state index contributed by atoms with van der Waals surface area (Å²) in [7, 11) is 0. The normalized spacial score (nSPS) is 27.6. The molecule has 1 saturated carbocycles. The first-order chi connectivity index (χ1) is 16.7. The van der Waals surface area contributed by atoms with Crippen LogP contribution in [0.2, 0.25) is 0 Å². The van der Waals surface area contributed by atoms with Gasteiger partial charge >= 0.3 is 12.4 Å². The van der Waals surface area contributed by atoms with Crippen molar-refractivity contribution >= 4 is 5.91 Å². The summed E-state index contributed by atoms with van der Waals surface area (Å²) in [6.07, 6.45) is -4.48. The maximum absolute atomic E-state index is 13.7. The minimum absolute atomic E-state index is 0.0652. The van der Waals surface area contributed by atoms with Crippen molar-refractivity contribution in [1.29, 1.82) is 0 Å². The number of rotatable bonds is 7. The second kappa shape index (κ2) is 9.82. The largest absolute Gasteiger partial charge is 0.416 e. The number of carbonyl (C=O) groups excluding carboxylic acids is 1. The van der Waals surface area contributed by atoms with E-state index in [0.717, 1.165) is 32.1 Å². The topological polar surface area (TPSA) is 50.4 Å². The van der Waals surface area contributed by atoms with E-state index in [2.05, 4.69) is 10.6 Å². The summed E-state index contributed by atoms with van der Waals surface area (Å²) in [5.74, 6) is 0.582. The fraction of sp³-hybridized carbons (Fsp3) is 0.731. The van der Waals surface area contributed by atoms with E-state index in [9.17, 15) is 31.1 Å². The molecule has 10 heteroatoms. The van der Waals surface area contributed by atoms with Crippen LogP contribution in [0, 0.1) is 23.2 Å². The van der Waals surface area contributed by atoms with Crippen LogP contribution in [0.15, 0.2) is 18.2 Å². The first-order valence-corrected chi connectivity index (χ1v) is 12.6. The van der Waals surface area contributed by atoms with Gasteiger partial charge in [-0.1, -0.05) is 12.8 Å². The Morgan fingerprint density at radius 3 is 2.22 bits per heavy atom. The number of ether oxygens (including phenoxy) is 1. The number of halogens is 6. The van der Waals surface area contributed by atoms with Gasteiger partial charge in [0.05, 0.1) is 22.1 Å². The van der Waals surface area contributed by atoms with Crippen molar-refractivity contribution in [3.05, 3.63) is 34.9 Å². The van der Waals surface area contributed by atoms with E-state index in [1.54, 1.807) is 0 Å². The molecule has 0 spiro atoms. The smallest absolute Gasteiger partial charge is 0.376 e. The fourth-order valence-corrected chi connectivity index (χ4v) is 6.07. The fourth-order valence-electron chi connectivity index (χ4n) is 6.07. The Bertz CT molecular complexity index is 916. The standard InChI is InChI=1S/C26H34F6N2O2/c1-23(2)13-18(5-8-36-23)21(11-16-3-4-16)24(6-7-33-15-24)22(35)34-14-17-9-19(25(27,28)29)12-20(10-17)26(30,31)32/h9-10,12,16,18,21,33H,3-8,11,13-15H2,1-2H3,(H,34,35). The minimum Gasteiger partial charge on any atom is -0.376 e. The lowest BCUT2D eigenvalue weighted by molar-refractivity contribution is -0.143. The lowest BCUT2D eigenvalue weighted by Crippen LogP contribution is -2.51. The zero-order chi connectivity index (χ0) is 26.4. The van der Waals surface area contributed by atoms with Crippen molar-refractivity contribution < 1.29 is 35.9 Å². The van der Waals surface area contributed by atoms with Crippen LogP contribution in [-0.2, 0) is 28.4 Å². The summed E-state index contributed by atoms with van der Waals surface area (Å²) in [4.78, 5) is 13.7. The van der Waals surface area contributed by atoms with Crippen molar-refractivity contribution in [2.24, 2.45) is 23.2 Å². The molecule has 0 bridgehead atoms. The Hall–Kier alpha value is -1.81. The van der Waals surface area contributed by atoms with Gasteiger partial charge in [0.15, 0.2) is 0 Å². The third kappa shape index (κ3) is 6.18. The number of alkyl halides is 6. The zero-order valence-corrected chi connectivity index (χ0v) is 20.6. The van der Waals surface area contributed by atoms with Gasteiger partial charge in [0, 0.05) is 19.7 Å². The lowest BCUT2D eigenvalue weighted by atomic mass is 9.62. The third-order valence-electron chi connectivity index (χ3n) is 8.04. The summed E-state index contributed by atoms with van der Waals surface area (Å²) in [6.45, 7) is 5.38. The van der Waals surface area contributed by atoms with E-state index in [-0.39, 0.29) is 35.0 Å². The number of hydrogen-bond donors (Lipinski definition) is 2. The van der Waals surface area contributed by atoms with Gasteiger partial charge in [-0.2, -0.15) is 26.3 Å². The van der Waals surface area contributed by atoms with Crippen LogP contribution in [0.5, 0.6) is 0 Å². The molecule has 1 aromatic carbocycles. The molecule has 36 heavy (non-hydrogen) atoms. The summed E-state index contributed by atoms with van der Waals surface area (Å²) < 4.78 is 85.5. The van der Waals surface area contributed by atoms with E-state index >= 15 is 0 Å². The van der Waals surface area contributed by atoms with Crippen LogP contribution in [-0.4, -0.2) is 31.2 Å². The Balaban J connectivity index is 1.58. The van der Waals surface area contributed by atoms with Crippen LogP contribution in [0.1, 0.15) is 69.1 Å². The van der Waals surface area contributed by atoms with Gasteiger partial charge in [-0.15, -0.1) is 0 Å². The van der Waals surface area contributed by atoms with Gasteiger partial charge in [0.2, 0.25) is 5.91 Å². The lowest BCUT2D eigenvalue weighted by Gasteiger charge is -2.46. The van der Waals surface area contributed by atoms with Crippen molar-refractivity contribution in [1.82, 2.24) is 10.6 Å². The van der Waals surface area contributed by atoms with Crippen molar-refractivity contribution in [3.8, 4) is 0 Å². The molecule has 2 N–H and O–H groups in total. The zero-order valence-electron chi connectivity index (χ0n) is 20.6. The van der Waals surface area contributed by atoms with E-state index < -0.39 is 35.4 Å². The number of amides is 1. The Kier molecular flexibility index (Phi) is 7.43. The molecule has 3 fully saturated rings. The Labute approximate surface area is 207 Å². The van der Waals surface area contributed by atoms with Crippen LogP contribution in [0.25, 0.3) is 0 Å². The first-order valence-electron chi connectivity index (χ1n) is 12.6. The number of nitrogens with one attached hydrogen (secondary N) is 2. The van der Waals surface area contributed by atoms with Crippen molar-refractivity contribution in [3.63, 3.8) is 0 Å². The van der Waals surface area contributed by atoms with Crippen LogP contribution >= 0.6 is 0 Å². The van der Waals surface area contributed by atoms with Crippen LogP contribution < -0.4 is 10.6 Å². The predicted octanol–water partition coefficient (Wildman–Crippen LogP) is 5.94. The van der Waals surface area contributed by atoms with E-state index in [4.69, 9.17) is 4.74 Å². The molecule has 1 aliphatic carbocycles. The average molecular weight is 521 g/mol. The van der Waals surface area contributed by atoms with Gasteiger partial charge < -0.3 is 15.4 Å². The molecule has 3 aliphatic rings. The molecular weight excluding hydrogens is 486 g/mol. The molecule has 2 saturated heterocycles. The van der Waals surface area contributed by atoms with Crippen molar-refractivity contribution in [2.75, 3.05) is 19.7 Å². The highest BCUT2D eigenvalue weighted by molar-refractivity contribution is 5.83. The molecule has 202 valence electrons. The number of benzene rings is 1. The van der Waals surface area contributed by atoms with E-state index in [1.807, 2.05) is 13.8 Å². The highest BCUT2D eigenvalue weighted by Gasteiger charge is 2.52. The third-order valence-corrected chi connectivity index (χ3v) is 8.04. The molecule has 1 amide bonds. The monoisotopic (exact) mass is 520 g/mol. The molecule has 2 heterocycles. The summed E-state index contributed by atoms with van der Waals surface area (Å²) in [6, 6.07) is 1.46. The highest BCUT2D eigenvalue weighted by Crippen LogP contribution is 2.51. The number of carbonyl (C=O) groups is 1. The highest BCUT2D eigenvalue weighted by atomic mass is 19.4. The van der Waals surface area contributed by atoms with Crippen molar-refractivity contribution in [2.45, 2.75) is 76.9 Å². The molecule has 4 nitrogen and oxygen atoms in total. The quantitative estimate of drug-likeness (QED) is 0.438. The van der Waals surface area contributed by atoms with Gasteiger partial charge in [0.1, 0.15) is 0 Å². The second-order valence-corrected chi connectivity index (χ2v) is 11.3. The second-order valence-electron chi connectivity index (χ2n) is 11.3. The van der Waals surface area contributed by atoms with Gasteiger partial charge in [-0.3, -0.25) is 4.79 Å². The van der Waals surface area contributed by atoms with Gasteiger partial charge in [-0.25, -0.2) is 0 Å². The molecule has 4 rings (SSSR count). The summed E-state index contributed by atoms with van der Waals surface area (Å²) in [5.41, 5.74) is -4.04. The molecule has 0 aromatic heterocycles. The van der Waals surface area contributed by atoms with E-state index in [1.165, 1.54) is 0 Å². The number of hydrogen-bond acceptors (Lipinski definition) is 3. The minimum atomic E-state index is -4.93. The molecule has 0 radical (unpaired) electrons. The maximum Gasteiger partial charge on any atom is 0.416 e. The first kappa shape index (κ1) is 27.2. The predicted molar refractivity (Wildman–Crippen MR) is 122 cm³/mol. The molecule has 3 unspecified atom stereocenters. The van der Waals surface area contributed by atoms with Gasteiger partial charge in [-0.05, 0) is 87.6 Å². The van der Waals surface area contributed by atoms with Crippen LogP contribution in [0.4, 0.5) is 26.3 Å². The molecule has 1 aromatic rings. The molecule has 3 atom stereocenters. The molecule has 2 aliphatic heterocycles. The van der Waals surface area contributed by atoms with Gasteiger partial charge in [0.25, 0.3) is 0 Å². The molecular formula is C26H34F6N2O2. The summed E-state index contributed by atoms with van der Waals surface area (Å²) >= 11 is 0. The van der Waals surface area contributed by atoms with E-state index in [0.29, 0.717) is 44.2 Å². The van der Waals surface area contributed by atoms with Crippen LogP contribution in [0.3, 0.4) is 0 Å². The average Bonchev–Trinajstić information content (AvgIpc) is 3.47. The SMILES string of the molecule is CC1(C)CC(C(CC2CC2)C2(C(=O)NCc3cc(C(F)(F)F)cc(C(F)(F)F)c3)CCNC2)CCO1. The Morgan fingerprint density at radius 2 is 1.72 bits per heavy atom.